The Morgan fingerprint density at radius 2 is 1.74 bits per heavy atom. The molecule has 3 N–H and O–H groups in total. The minimum atomic E-state index is -0.130. The van der Waals surface area contributed by atoms with Crippen molar-refractivity contribution in [2.24, 2.45) is 0 Å². The lowest BCUT2D eigenvalue weighted by molar-refractivity contribution is -0.113. The van der Waals surface area contributed by atoms with Crippen molar-refractivity contribution in [1.29, 1.82) is 0 Å². The average Bonchev–Trinajstić information content (AvgIpc) is 2.96. The first-order valence-corrected chi connectivity index (χ1v) is 11.7. The highest BCUT2D eigenvalue weighted by Crippen LogP contribution is 2.27. The van der Waals surface area contributed by atoms with E-state index >= 15 is 0 Å². The highest BCUT2D eigenvalue weighted by atomic mass is 35.5. The van der Waals surface area contributed by atoms with Crippen molar-refractivity contribution in [3.8, 4) is 11.4 Å². The van der Waals surface area contributed by atoms with Crippen molar-refractivity contribution in [3.05, 3.63) is 53.6 Å². The van der Waals surface area contributed by atoms with Crippen molar-refractivity contribution < 1.29 is 4.79 Å². The summed E-state index contributed by atoms with van der Waals surface area (Å²) in [4.78, 5) is 14.8. The molecule has 0 saturated carbocycles. The number of anilines is 2. The van der Waals surface area contributed by atoms with Crippen molar-refractivity contribution in [1.82, 2.24) is 14.9 Å². The molecule has 0 radical (unpaired) electrons. The number of nitrogens with two attached hydrogens (primary N) is 1. The van der Waals surface area contributed by atoms with Crippen LogP contribution in [0.3, 0.4) is 0 Å². The molecule has 0 unspecified atom stereocenters. The van der Waals surface area contributed by atoms with Gasteiger partial charge in [-0.15, -0.1) is 10.2 Å². The third-order valence-corrected chi connectivity index (χ3v) is 6.51. The van der Waals surface area contributed by atoms with Crippen molar-refractivity contribution in [2.45, 2.75) is 30.8 Å². The molecule has 162 valence electrons. The first-order chi connectivity index (χ1) is 15.1. The van der Waals surface area contributed by atoms with E-state index in [0.29, 0.717) is 21.6 Å². The lowest BCUT2D eigenvalue weighted by Crippen LogP contribution is -2.23. The Hall–Kier alpha value is -2.71. The van der Waals surface area contributed by atoms with Crippen LogP contribution in [0.1, 0.15) is 25.7 Å². The van der Waals surface area contributed by atoms with E-state index in [9.17, 15) is 4.79 Å². The molecule has 2 heterocycles. The maximum Gasteiger partial charge on any atom is 0.234 e. The number of thioether (sulfide) groups is 1. The normalized spacial score (nSPS) is 14.3. The van der Waals surface area contributed by atoms with Gasteiger partial charge in [0, 0.05) is 30.0 Å². The van der Waals surface area contributed by atoms with E-state index in [1.165, 1.54) is 47.8 Å². The molecule has 1 amide bonds. The minimum Gasteiger partial charge on any atom is -0.372 e. The second-order valence-electron chi connectivity index (χ2n) is 7.44. The van der Waals surface area contributed by atoms with Crippen LogP contribution < -0.4 is 16.1 Å². The summed E-state index contributed by atoms with van der Waals surface area (Å²) in [5, 5.41) is 12.1. The number of amides is 1. The summed E-state index contributed by atoms with van der Waals surface area (Å²) in [6.45, 7) is 2.19. The van der Waals surface area contributed by atoms with Crippen LogP contribution in [0.5, 0.6) is 0 Å². The number of hydrogen-bond donors (Lipinski definition) is 2. The topological polar surface area (TPSA) is 89.1 Å². The summed E-state index contributed by atoms with van der Waals surface area (Å²) in [6, 6.07) is 15.3. The van der Waals surface area contributed by atoms with Crippen LogP contribution in [0.25, 0.3) is 11.4 Å². The van der Waals surface area contributed by atoms with Gasteiger partial charge in [0.05, 0.1) is 10.8 Å². The average molecular weight is 457 g/mol. The zero-order valence-corrected chi connectivity index (χ0v) is 18.7. The van der Waals surface area contributed by atoms with E-state index in [1.807, 2.05) is 30.3 Å². The number of nitrogens with one attached hydrogen (secondary N) is 1. The SMILES string of the molecule is Nn1c(SCC(=O)Nc2ccc(N3CCCCCC3)cc2)nnc1-c1ccccc1Cl. The summed E-state index contributed by atoms with van der Waals surface area (Å²) in [7, 11) is 0. The molecule has 2 aromatic carbocycles. The molecule has 0 aliphatic carbocycles. The second kappa shape index (κ2) is 10.1. The molecule has 7 nitrogen and oxygen atoms in total. The van der Waals surface area contributed by atoms with E-state index in [2.05, 4.69) is 32.5 Å². The molecule has 31 heavy (non-hydrogen) atoms. The smallest absolute Gasteiger partial charge is 0.234 e. The number of rotatable bonds is 6. The highest BCUT2D eigenvalue weighted by Gasteiger charge is 2.16. The van der Waals surface area contributed by atoms with Crippen LogP contribution in [-0.4, -0.2) is 39.6 Å². The number of benzene rings is 2. The third kappa shape index (κ3) is 5.32. The van der Waals surface area contributed by atoms with E-state index in [-0.39, 0.29) is 11.7 Å². The predicted octanol–water partition coefficient (Wildman–Crippen LogP) is 4.42. The molecule has 1 aliphatic rings. The number of carbonyl (C=O) groups excluding carboxylic acids is 1. The number of nitrogen functional groups attached to an aromatic ring is 1. The maximum atomic E-state index is 12.4. The van der Waals surface area contributed by atoms with Crippen molar-refractivity contribution in [3.63, 3.8) is 0 Å². The number of halogens is 1. The van der Waals surface area contributed by atoms with Gasteiger partial charge in [0.2, 0.25) is 11.1 Å². The van der Waals surface area contributed by atoms with Crippen LogP contribution in [0.4, 0.5) is 11.4 Å². The Bertz CT molecular complexity index is 1030. The maximum absolute atomic E-state index is 12.4. The standard InChI is InChI=1S/C22H25ClN6OS/c23-19-8-4-3-7-18(19)21-26-27-22(29(21)24)31-15-20(30)25-16-9-11-17(12-10-16)28-13-5-1-2-6-14-28/h3-4,7-12H,1-2,5-6,13-15,24H2,(H,25,30). The minimum absolute atomic E-state index is 0.130. The van der Waals surface area contributed by atoms with Crippen molar-refractivity contribution >= 4 is 40.6 Å². The Morgan fingerprint density at radius 1 is 1.03 bits per heavy atom. The molecule has 9 heteroatoms. The van der Waals surface area contributed by atoms with Gasteiger partial charge in [-0.2, -0.15) is 0 Å². The molecule has 0 atom stereocenters. The fraction of sp³-hybridized carbons (Fsp3) is 0.318. The molecular formula is C22H25ClN6OS. The van der Waals surface area contributed by atoms with Gasteiger partial charge in [-0.05, 0) is 49.2 Å². The van der Waals surface area contributed by atoms with Crippen LogP contribution in [-0.2, 0) is 4.79 Å². The van der Waals surface area contributed by atoms with E-state index in [0.717, 1.165) is 18.8 Å². The van der Waals surface area contributed by atoms with Gasteiger partial charge in [-0.25, -0.2) is 4.68 Å². The first-order valence-electron chi connectivity index (χ1n) is 10.3. The Morgan fingerprint density at radius 3 is 2.45 bits per heavy atom. The van der Waals surface area contributed by atoms with Crippen LogP contribution in [0.15, 0.2) is 53.7 Å². The largest absolute Gasteiger partial charge is 0.372 e. The van der Waals surface area contributed by atoms with Gasteiger partial charge in [0.15, 0.2) is 5.82 Å². The monoisotopic (exact) mass is 456 g/mol. The Balaban J connectivity index is 1.33. The quantitative estimate of drug-likeness (QED) is 0.421. The summed E-state index contributed by atoms with van der Waals surface area (Å²) in [6.07, 6.45) is 5.08. The van der Waals surface area contributed by atoms with Crippen LogP contribution in [0.2, 0.25) is 5.02 Å². The molecule has 3 aromatic rings. The zero-order chi connectivity index (χ0) is 21.6. The lowest BCUT2D eigenvalue weighted by Gasteiger charge is -2.22. The van der Waals surface area contributed by atoms with Crippen LogP contribution in [0, 0.1) is 0 Å². The molecule has 0 bridgehead atoms. The van der Waals surface area contributed by atoms with Gasteiger partial charge in [0.1, 0.15) is 0 Å². The fourth-order valence-corrected chi connectivity index (χ4v) is 4.49. The van der Waals surface area contributed by atoms with E-state index in [4.69, 9.17) is 17.4 Å². The molecule has 4 rings (SSSR count). The molecule has 1 saturated heterocycles. The zero-order valence-electron chi connectivity index (χ0n) is 17.1. The number of nitrogens with zero attached hydrogens (tertiary/aromatic N) is 4. The van der Waals surface area contributed by atoms with Gasteiger partial charge < -0.3 is 16.1 Å². The first kappa shape index (κ1) is 21.5. The van der Waals surface area contributed by atoms with Gasteiger partial charge in [0.25, 0.3) is 0 Å². The van der Waals surface area contributed by atoms with E-state index in [1.54, 1.807) is 6.07 Å². The fourth-order valence-electron chi connectivity index (χ4n) is 3.61. The summed E-state index contributed by atoms with van der Waals surface area (Å²) in [5.74, 6) is 6.62. The molecule has 1 aromatic heterocycles. The molecule has 0 spiro atoms. The number of carbonyl (C=O) groups is 1. The number of aromatic nitrogens is 3. The highest BCUT2D eigenvalue weighted by molar-refractivity contribution is 7.99. The van der Waals surface area contributed by atoms with Gasteiger partial charge >= 0.3 is 0 Å². The molecule has 1 fully saturated rings. The number of hydrogen-bond acceptors (Lipinski definition) is 6. The van der Waals surface area contributed by atoms with Gasteiger partial charge in [-0.1, -0.05) is 48.3 Å². The summed E-state index contributed by atoms with van der Waals surface area (Å²) >= 11 is 7.44. The Kier molecular flexibility index (Phi) is 6.99. The van der Waals surface area contributed by atoms with Crippen LogP contribution >= 0.6 is 23.4 Å². The van der Waals surface area contributed by atoms with Crippen molar-refractivity contribution in [2.75, 3.05) is 34.9 Å². The summed E-state index contributed by atoms with van der Waals surface area (Å²) in [5.41, 5.74) is 2.67. The van der Waals surface area contributed by atoms with Gasteiger partial charge in [-0.3, -0.25) is 4.79 Å². The lowest BCUT2D eigenvalue weighted by atomic mass is 10.2. The molecular weight excluding hydrogens is 432 g/mol. The van der Waals surface area contributed by atoms with E-state index < -0.39 is 0 Å². The Labute approximate surface area is 190 Å². The third-order valence-electron chi connectivity index (χ3n) is 5.23. The second-order valence-corrected chi connectivity index (χ2v) is 8.79. The summed E-state index contributed by atoms with van der Waals surface area (Å²) < 4.78 is 1.36. The predicted molar refractivity (Wildman–Crippen MR) is 127 cm³/mol. The molecule has 1 aliphatic heterocycles.